The van der Waals surface area contributed by atoms with Crippen molar-refractivity contribution >= 4 is 21.7 Å². The van der Waals surface area contributed by atoms with Crippen LogP contribution in [0.2, 0.25) is 0 Å². The number of hydrogen-bond acceptors (Lipinski definition) is 5. The molecular weight excluding hydrogens is 356 g/mol. The number of sulfone groups is 1. The van der Waals surface area contributed by atoms with E-state index >= 15 is 0 Å². The van der Waals surface area contributed by atoms with Gasteiger partial charge in [0, 0.05) is 39.4 Å². The van der Waals surface area contributed by atoms with Crippen molar-refractivity contribution in [3.63, 3.8) is 0 Å². The quantitative estimate of drug-likeness (QED) is 0.773. The van der Waals surface area contributed by atoms with Crippen LogP contribution in [0.4, 0.5) is 0 Å². The summed E-state index contributed by atoms with van der Waals surface area (Å²) in [7, 11) is -0.343. The summed E-state index contributed by atoms with van der Waals surface area (Å²) in [5.41, 5.74) is 1.02. The van der Waals surface area contributed by atoms with Crippen LogP contribution in [0.15, 0.2) is 24.3 Å². The largest absolute Gasteiger partial charge is 0.497 e. The van der Waals surface area contributed by atoms with Crippen molar-refractivity contribution in [2.75, 3.05) is 33.0 Å². The number of amides is 2. The Morgan fingerprint density at radius 1 is 1.27 bits per heavy atom. The molecule has 3 rings (SSSR count). The maximum atomic E-state index is 12.5. The highest BCUT2D eigenvalue weighted by Gasteiger charge is 2.56. The summed E-state index contributed by atoms with van der Waals surface area (Å²) in [6, 6.07) is 7.60. The van der Waals surface area contributed by atoms with Gasteiger partial charge in [-0.3, -0.25) is 9.59 Å². The van der Waals surface area contributed by atoms with Gasteiger partial charge in [-0.2, -0.15) is 0 Å². The van der Waals surface area contributed by atoms with E-state index in [0.717, 1.165) is 11.3 Å². The first-order valence-corrected chi connectivity index (χ1v) is 10.3. The molecule has 0 saturated carbocycles. The summed E-state index contributed by atoms with van der Waals surface area (Å²) < 4.78 is 30.0. The Morgan fingerprint density at radius 3 is 2.54 bits per heavy atom. The molecule has 26 heavy (non-hydrogen) atoms. The van der Waals surface area contributed by atoms with E-state index in [1.165, 1.54) is 4.90 Å². The number of methoxy groups -OCH3 is 1. The Kier molecular flexibility index (Phi) is 4.96. The molecule has 2 aliphatic rings. The van der Waals surface area contributed by atoms with Gasteiger partial charge in [0.25, 0.3) is 0 Å². The number of hydrogen-bond donors (Lipinski definition) is 0. The van der Waals surface area contributed by atoms with Crippen LogP contribution in [-0.4, -0.2) is 67.9 Å². The van der Waals surface area contributed by atoms with Crippen molar-refractivity contribution in [1.29, 1.82) is 0 Å². The topological polar surface area (TPSA) is 84.0 Å². The molecule has 7 nitrogen and oxygen atoms in total. The van der Waals surface area contributed by atoms with Gasteiger partial charge < -0.3 is 14.5 Å². The first-order chi connectivity index (χ1) is 12.3. The number of rotatable bonds is 4. The van der Waals surface area contributed by atoms with E-state index < -0.39 is 20.5 Å². The Hall–Kier alpha value is -2.09. The second kappa shape index (κ2) is 6.90. The first kappa shape index (κ1) is 18.7. The Morgan fingerprint density at radius 2 is 1.96 bits per heavy atom. The highest BCUT2D eigenvalue weighted by molar-refractivity contribution is 7.93. The van der Waals surface area contributed by atoms with Crippen LogP contribution in [0.5, 0.6) is 5.75 Å². The molecular formula is C18H24N2O5S. The number of likely N-dealkylation sites (tertiary alicyclic amines) is 1. The lowest BCUT2D eigenvalue weighted by atomic mass is 10.0. The number of benzene rings is 1. The summed E-state index contributed by atoms with van der Waals surface area (Å²) in [5.74, 6) is -0.0170. The third-order valence-corrected chi connectivity index (χ3v) is 8.00. The number of piperidine rings is 1. The molecule has 0 bridgehead atoms. The highest BCUT2D eigenvalue weighted by Crippen LogP contribution is 2.38. The summed E-state index contributed by atoms with van der Waals surface area (Å²) in [5, 5.41) is 0. The fourth-order valence-electron chi connectivity index (χ4n) is 3.82. The third-order valence-electron chi connectivity index (χ3n) is 5.54. The van der Waals surface area contributed by atoms with Gasteiger partial charge in [-0.05, 0) is 24.1 Å². The van der Waals surface area contributed by atoms with Gasteiger partial charge in [0.15, 0.2) is 9.84 Å². The lowest BCUT2D eigenvalue weighted by molar-refractivity contribution is -0.134. The molecule has 2 amide bonds. The minimum absolute atomic E-state index is 0.00652. The van der Waals surface area contributed by atoms with Crippen LogP contribution in [0.1, 0.15) is 24.8 Å². The zero-order chi connectivity index (χ0) is 18.9. The predicted octanol–water partition coefficient (Wildman–Crippen LogP) is 0.833. The molecule has 0 radical (unpaired) electrons. The second-order valence-electron chi connectivity index (χ2n) is 6.89. The number of ether oxygens (including phenoxy) is 1. The van der Waals surface area contributed by atoms with E-state index in [0.29, 0.717) is 25.9 Å². The van der Waals surface area contributed by atoms with Gasteiger partial charge in [0.05, 0.1) is 7.11 Å². The van der Waals surface area contributed by atoms with Crippen molar-refractivity contribution in [2.24, 2.45) is 0 Å². The van der Waals surface area contributed by atoms with E-state index in [1.807, 2.05) is 24.3 Å². The van der Waals surface area contributed by atoms with E-state index in [-0.39, 0.29) is 24.7 Å². The molecule has 8 heteroatoms. The molecule has 2 heterocycles. The molecule has 1 aromatic carbocycles. The number of nitrogens with zero attached hydrogens (tertiary/aromatic N) is 2. The molecule has 2 fully saturated rings. The molecule has 0 unspecified atom stereocenters. The number of carbonyl (C=O) groups is 2. The van der Waals surface area contributed by atoms with Crippen LogP contribution < -0.4 is 4.74 Å². The van der Waals surface area contributed by atoms with Gasteiger partial charge >= 0.3 is 0 Å². The van der Waals surface area contributed by atoms with E-state index in [4.69, 9.17) is 4.74 Å². The van der Waals surface area contributed by atoms with Gasteiger partial charge in [-0.1, -0.05) is 12.1 Å². The van der Waals surface area contributed by atoms with Crippen molar-refractivity contribution in [3.8, 4) is 5.75 Å². The van der Waals surface area contributed by atoms with Crippen LogP contribution in [0, 0.1) is 0 Å². The fraction of sp³-hybridized carbons (Fsp3) is 0.556. The first-order valence-electron chi connectivity index (χ1n) is 8.69. The zero-order valence-corrected chi connectivity index (χ0v) is 15.9. The van der Waals surface area contributed by atoms with Crippen LogP contribution in [-0.2, 0) is 25.8 Å². The molecule has 2 saturated heterocycles. The predicted molar refractivity (Wildman–Crippen MR) is 96.4 cm³/mol. The van der Waals surface area contributed by atoms with Crippen molar-refractivity contribution in [2.45, 2.75) is 30.6 Å². The van der Waals surface area contributed by atoms with Crippen molar-refractivity contribution in [3.05, 3.63) is 29.8 Å². The van der Waals surface area contributed by atoms with Crippen LogP contribution in [0.25, 0.3) is 0 Å². The van der Waals surface area contributed by atoms with Gasteiger partial charge in [0.1, 0.15) is 16.4 Å². The molecule has 142 valence electrons. The second-order valence-corrected chi connectivity index (χ2v) is 9.17. The Bertz CT molecular complexity index is 813. The monoisotopic (exact) mass is 380 g/mol. The average Bonchev–Trinajstić information content (AvgIpc) is 2.80. The van der Waals surface area contributed by atoms with E-state index in [1.54, 1.807) is 19.1 Å². The summed E-state index contributed by atoms with van der Waals surface area (Å²) in [6.07, 6.45) is 1.53. The fourth-order valence-corrected chi connectivity index (χ4v) is 5.93. The lowest BCUT2D eigenvalue weighted by Gasteiger charge is -2.42. The Balaban J connectivity index is 1.59. The summed E-state index contributed by atoms with van der Waals surface area (Å²) in [6.45, 7) is 0.710. The standard InChI is InChI=1S/C18H24N2O5S/c1-19-17(22)13-26(23,24)18(19)8-10-20(11-9-18)16(21)7-6-14-4-3-5-15(12-14)25-2/h3-5,12H,6-11,13H2,1-2H3. The smallest absolute Gasteiger partial charge is 0.238 e. The maximum Gasteiger partial charge on any atom is 0.238 e. The SMILES string of the molecule is COc1cccc(CCC(=O)N2CCC3(CC2)N(C)C(=O)CS3(=O)=O)c1. The zero-order valence-electron chi connectivity index (χ0n) is 15.1. The number of carbonyl (C=O) groups excluding carboxylic acids is 2. The molecule has 0 atom stereocenters. The third kappa shape index (κ3) is 3.18. The Labute approximate surface area is 153 Å². The minimum Gasteiger partial charge on any atom is -0.497 e. The minimum atomic E-state index is -3.50. The summed E-state index contributed by atoms with van der Waals surface area (Å²) >= 11 is 0. The highest BCUT2D eigenvalue weighted by atomic mass is 32.2. The van der Waals surface area contributed by atoms with Crippen molar-refractivity contribution in [1.82, 2.24) is 9.80 Å². The van der Waals surface area contributed by atoms with Crippen molar-refractivity contribution < 1.29 is 22.7 Å². The molecule has 0 N–H and O–H groups in total. The van der Waals surface area contributed by atoms with Crippen LogP contribution >= 0.6 is 0 Å². The molecule has 2 aliphatic heterocycles. The lowest BCUT2D eigenvalue weighted by Crippen LogP contribution is -2.55. The van der Waals surface area contributed by atoms with Gasteiger partial charge in [-0.25, -0.2) is 8.42 Å². The maximum absolute atomic E-state index is 12.5. The van der Waals surface area contributed by atoms with E-state index in [9.17, 15) is 18.0 Å². The average molecular weight is 380 g/mol. The molecule has 0 aromatic heterocycles. The summed E-state index contributed by atoms with van der Waals surface area (Å²) in [4.78, 5) is 26.3. The van der Waals surface area contributed by atoms with E-state index in [2.05, 4.69) is 0 Å². The van der Waals surface area contributed by atoms with Gasteiger partial charge in [-0.15, -0.1) is 0 Å². The number of aryl methyl sites for hydroxylation is 1. The van der Waals surface area contributed by atoms with Crippen LogP contribution in [0.3, 0.4) is 0 Å². The van der Waals surface area contributed by atoms with Gasteiger partial charge in [0.2, 0.25) is 11.8 Å². The molecule has 0 aliphatic carbocycles. The molecule has 1 spiro atoms. The normalized spacial score (nSPS) is 21.2. The molecule has 1 aromatic rings.